The summed E-state index contributed by atoms with van der Waals surface area (Å²) in [6, 6.07) is 15.1. The summed E-state index contributed by atoms with van der Waals surface area (Å²) in [6.45, 7) is 2.30. The lowest BCUT2D eigenvalue weighted by Crippen LogP contribution is -2.51. The molecular weight excluding hydrogens is 510 g/mol. The highest BCUT2D eigenvalue weighted by molar-refractivity contribution is 7.89. The molecule has 0 aliphatic heterocycles. The third-order valence-corrected chi connectivity index (χ3v) is 9.19. The van der Waals surface area contributed by atoms with E-state index < -0.39 is 16.1 Å². The molecule has 1 atom stereocenters. The predicted molar refractivity (Wildman–Crippen MR) is 147 cm³/mol. The highest BCUT2D eigenvalue weighted by Gasteiger charge is 2.31. The Labute approximate surface area is 226 Å². The van der Waals surface area contributed by atoms with Crippen molar-refractivity contribution in [2.45, 2.75) is 81.8 Å². The van der Waals surface area contributed by atoms with E-state index in [0.717, 1.165) is 31.2 Å². The maximum atomic E-state index is 13.5. The van der Waals surface area contributed by atoms with Gasteiger partial charge in [0.05, 0.1) is 4.90 Å². The second kappa shape index (κ2) is 13.9. The van der Waals surface area contributed by atoms with Crippen molar-refractivity contribution in [3.8, 4) is 0 Å². The van der Waals surface area contributed by atoms with Gasteiger partial charge in [0.15, 0.2) is 0 Å². The Hall–Kier alpha value is -2.42. The van der Waals surface area contributed by atoms with E-state index in [2.05, 4.69) is 5.32 Å². The van der Waals surface area contributed by atoms with Gasteiger partial charge in [-0.05, 0) is 49.4 Å². The van der Waals surface area contributed by atoms with Gasteiger partial charge in [-0.3, -0.25) is 9.59 Å². The largest absolute Gasteiger partial charge is 0.352 e. The maximum Gasteiger partial charge on any atom is 0.243 e. The molecular formula is C28H38ClN3O4S. The molecule has 0 saturated heterocycles. The van der Waals surface area contributed by atoms with E-state index in [1.165, 1.54) is 17.8 Å². The fourth-order valence-electron chi connectivity index (χ4n) is 4.76. The van der Waals surface area contributed by atoms with Gasteiger partial charge in [-0.15, -0.1) is 0 Å². The minimum absolute atomic E-state index is 0.117. The van der Waals surface area contributed by atoms with Crippen LogP contribution in [0.25, 0.3) is 0 Å². The maximum absolute atomic E-state index is 13.5. The van der Waals surface area contributed by atoms with Crippen molar-refractivity contribution in [2.24, 2.45) is 0 Å². The average Bonchev–Trinajstić information content (AvgIpc) is 2.90. The highest BCUT2D eigenvalue weighted by Crippen LogP contribution is 2.22. The Morgan fingerprint density at radius 1 is 1.03 bits per heavy atom. The quantitative estimate of drug-likeness (QED) is 0.405. The molecule has 2 aromatic carbocycles. The normalized spacial score (nSPS) is 15.4. The molecule has 2 amide bonds. The van der Waals surface area contributed by atoms with Crippen LogP contribution in [0.3, 0.4) is 0 Å². The van der Waals surface area contributed by atoms with E-state index in [-0.39, 0.29) is 42.3 Å². The van der Waals surface area contributed by atoms with Crippen LogP contribution in [0, 0.1) is 0 Å². The number of nitrogens with zero attached hydrogens (tertiary/aromatic N) is 2. The lowest BCUT2D eigenvalue weighted by Gasteiger charge is -2.33. The van der Waals surface area contributed by atoms with Crippen molar-refractivity contribution < 1.29 is 18.0 Å². The predicted octanol–water partition coefficient (Wildman–Crippen LogP) is 5.00. The van der Waals surface area contributed by atoms with E-state index in [9.17, 15) is 18.0 Å². The van der Waals surface area contributed by atoms with E-state index in [1.54, 1.807) is 41.3 Å². The van der Waals surface area contributed by atoms with Gasteiger partial charge >= 0.3 is 0 Å². The molecule has 1 aliphatic rings. The Morgan fingerprint density at radius 2 is 1.68 bits per heavy atom. The summed E-state index contributed by atoms with van der Waals surface area (Å²) in [6.07, 6.45) is 6.23. The van der Waals surface area contributed by atoms with E-state index in [1.807, 2.05) is 25.1 Å². The molecule has 37 heavy (non-hydrogen) atoms. The molecule has 0 bridgehead atoms. The molecule has 0 radical (unpaired) electrons. The van der Waals surface area contributed by atoms with Crippen LogP contribution in [0.5, 0.6) is 0 Å². The third kappa shape index (κ3) is 8.03. The summed E-state index contributed by atoms with van der Waals surface area (Å²) < 4.78 is 26.9. The van der Waals surface area contributed by atoms with Crippen molar-refractivity contribution in [1.29, 1.82) is 0 Å². The van der Waals surface area contributed by atoms with Crippen molar-refractivity contribution in [3.63, 3.8) is 0 Å². The smallest absolute Gasteiger partial charge is 0.243 e. The Kier molecular flexibility index (Phi) is 11.0. The molecule has 1 aliphatic carbocycles. The second-order valence-corrected chi connectivity index (χ2v) is 12.1. The van der Waals surface area contributed by atoms with Crippen LogP contribution >= 0.6 is 11.6 Å². The average molecular weight is 548 g/mol. The van der Waals surface area contributed by atoms with E-state index in [0.29, 0.717) is 17.9 Å². The second-order valence-electron chi connectivity index (χ2n) is 9.62. The molecule has 0 heterocycles. The third-order valence-electron chi connectivity index (χ3n) is 6.95. The molecule has 0 spiro atoms. The lowest BCUT2D eigenvalue weighted by molar-refractivity contribution is -0.141. The van der Waals surface area contributed by atoms with Gasteiger partial charge in [-0.2, -0.15) is 0 Å². The molecule has 3 rings (SSSR count). The van der Waals surface area contributed by atoms with Gasteiger partial charge in [0.1, 0.15) is 6.04 Å². The first-order valence-electron chi connectivity index (χ1n) is 13.1. The number of halogens is 1. The number of hydrogen-bond acceptors (Lipinski definition) is 4. The molecule has 9 heteroatoms. The minimum atomic E-state index is -3.64. The number of amides is 2. The first-order chi connectivity index (χ1) is 17.7. The van der Waals surface area contributed by atoms with Crippen LogP contribution in [0.15, 0.2) is 59.5 Å². The van der Waals surface area contributed by atoms with Gasteiger partial charge in [0.2, 0.25) is 21.8 Å². The zero-order chi connectivity index (χ0) is 26.8. The monoisotopic (exact) mass is 547 g/mol. The van der Waals surface area contributed by atoms with Crippen LogP contribution in [0.1, 0.15) is 63.9 Å². The topological polar surface area (TPSA) is 86.8 Å². The standard InChI is InChI=1S/C28H38ClN3O4S/c1-3-26(28(34)30-23-14-6-4-7-15-23)32(21-22-13-10-11-18-25(22)29)27(33)19-12-20-31(2)37(35,36)24-16-8-5-9-17-24/h5,8-11,13,16-18,23,26H,3-4,6-7,12,14-15,19-21H2,1-2H3,(H,30,34). The summed E-state index contributed by atoms with van der Waals surface area (Å²) >= 11 is 6.40. The molecule has 2 aromatic rings. The molecule has 1 unspecified atom stereocenters. The lowest BCUT2D eigenvalue weighted by atomic mass is 9.95. The number of hydrogen-bond donors (Lipinski definition) is 1. The van der Waals surface area contributed by atoms with Crippen LogP contribution in [-0.4, -0.2) is 55.1 Å². The Morgan fingerprint density at radius 3 is 2.32 bits per heavy atom. The van der Waals surface area contributed by atoms with Gasteiger partial charge in [0.25, 0.3) is 0 Å². The van der Waals surface area contributed by atoms with E-state index in [4.69, 9.17) is 11.6 Å². The summed E-state index contributed by atoms with van der Waals surface area (Å²) in [5.74, 6) is -0.338. The molecule has 1 fully saturated rings. The minimum Gasteiger partial charge on any atom is -0.352 e. The fourth-order valence-corrected chi connectivity index (χ4v) is 6.19. The van der Waals surface area contributed by atoms with Crippen LogP contribution in [0.2, 0.25) is 5.02 Å². The molecule has 1 N–H and O–H groups in total. The summed E-state index contributed by atoms with van der Waals surface area (Å²) in [4.78, 5) is 28.6. The van der Waals surface area contributed by atoms with Crippen molar-refractivity contribution >= 4 is 33.4 Å². The van der Waals surface area contributed by atoms with Crippen molar-refractivity contribution in [2.75, 3.05) is 13.6 Å². The van der Waals surface area contributed by atoms with Crippen LogP contribution in [0.4, 0.5) is 0 Å². The fraction of sp³-hybridized carbons (Fsp3) is 0.500. The zero-order valence-electron chi connectivity index (χ0n) is 21.7. The van der Waals surface area contributed by atoms with Gasteiger partial charge in [-0.1, -0.05) is 74.2 Å². The Bertz CT molecular complexity index is 1140. The number of nitrogens with one attached hydrogen (secondary N) is 1. The van der Waals surface area contributed by atoms with Crippen molar-refractivity contribution in [3.05, 3.63) is 65.2 Å². The summed E-state index contributed by atoms with van der Waals surface area (Å²) in [7, 11) is -2.12. The first kappa shape index (κ1) is 29.1. The number of rotatable bonds is 12. The number of carbonyl (C=O) groups excluding carboxylic acids is 2. The van der Waals surface area contributed by atoms with E-state index >= 15 is 0 Å². The van der Waals surface area contributed by atoms with Crippen LogP contribution in [-0.2, 0) is 26.2 Å². The molecule has 0 aromatic heterocycles. The number of carbonyl (C=O) groups is 2. The summed E-state index contributed by atoms with van der Waals surface area (Å²) in [5, 5.41) is 3.70. The SMILES string of the molecule is CCC(C(=O)NC1CCCCC1)N(Cc1ccccc1Cl)C(=O)CCCN(C)S(=O)(=O)c1ccccc1. The van der Waals surface area contributed by atoms with Crippen LogP contribution < -0.4 is 5.32 Å². The highest BCUT2D eigenvalue weighted by atomic mass is 35.5. The van der Waals surface area contributed by atoms with Crippen molar-refractivity contribution in [1.82, 2.24) is 14.5 Å². The van der Waals surface area contributed by atoms with Gasteiger partial charge in [0, 0.05) is 37.6 Å². The zero-order valence-corrected chi connectivity index (χ0v) is 23.3. The number of sulfonamides is 1. The Balaban J connectivity index is 1.70. The molecule has 202 valence electrons. The molecule has 7 nitrogen and oxygen atoms in total. The van der Waals surface area contributed by atoms with Gasteiger partial charge in [-0.25, -0.2) is 12.7 Å². The van der Waals surface area contributed by atoms with Gasteiger partial charge < -0.3 is 10.2 Å². The summed E-state index contributed by atoms with van der Waals surface area (Å²) in [5.41, 5.74) is 0.769. The molecule has 1 saturated carbocycles. The number of benzene rings is 2. The first-order valence-corrected chi connectivity index (χ1v) is 14.9.